The van der Waals surface area contributed by atoms with Gasteiger partial charge in [-0.3, -0.25) is 14.5 Å². The van der Waals surface area contributed by atoms with Crippen LogP contribution in [0.5, 0.6) is 5.75 Å². The van der Waals surface area contributed by atoms with Crippen molar-refractivity contribution in [1.82, 2.24) is 14.7 Å². The van der Waals surface area contributed by atoms with Crippen LogP contribution in [0.15, 0.2) is 30.0 Å². The second kappa shape index (κ2) is 9.44. The third-order valence-corrected chi connectivity index (χ3v) is 6.10. The van der Waals surface area contributed by atoms with E-state index in [0.29, 0.717) is 17.8 Å². The minimum atomic E-state index is -0.175. The summed E-state index contributed by atoms with van der Waals surface area (Å²) in [5, 5.41) is 0. The van der Waals surface area contributed by atoms with E-state index in [4.69, 9.17) is 4.74 Å². The van der Waals surface area contributed by atoms with E-state index in [-0.39, 0.29) is 17.9 Å². The summed E-state index contributed by atoms with van der Waals surface area (Å²) in [5.41, 5.74) is 1.85. The highest BCUT2D eigenvalue weighted by atomic mass is 16.5. The van der Waals surface area contributed by atoms with Gasteiger partial charge in [0.2, 0.25) is 0 Å². The van der Waals surface area contributed by atoms with Gasteiger partial charge in [-0.1, -0.05) is 31.9 Å². The summed E-state index contributed by atoms with van der Waals surface area (Å²) >= 11 is 0. The highest BCUT2D eigenvalue weighted by Crippen LogP contribution is 2.34. The normalized spacial score (nSPS) is 18.7. The van der Waals surface area contributed by atoms with Crippen LogP contribution in [0.2, 0.25) is 0 Å². The maximum Gasteiger partial charge on any atom is 0.277 e. The topological polar surface area (TPSA) is 53.1 Å². The molecule has 0 atom stereocenters. The molecule has 2 heterocycles. The maximum atomic E-state index is 13.3. The second-order valence-corrected chi connectivity index (χ2v) is 8.07. The van der Waals surface area contributed by atoms with Crippen molar-refractivity contribution in [3.63, 3.8) is 0 Å². The Hall–Kier alpha value is -2.34. The molecule has 6 nitrogen and oxygen atoms in total. The molecule has 1 fully saturated rings. The van der Waals surface area contributed by atoms with E-state index in [1.165, 1.54) is 4.90 Å². The van der Waals surface area contributed by atoms with Crippen LogP contribution in [0.3, 0.4) is 0 Å². The predicted molar refractivity (Wildman–Crippen MR) is 114 cm³/mol. The first-order valence-electron chi connectivity index (χ1n) is 10.6. The number of likely N-dealkylation sites (N-methyl/N-ethyl adjacent to an activating group) is 1. The van der Waals surface area contributed by atoms with Crippen molar-refractivity contribution in [2.45, 2.75) is 45.1 Å². The molecule has 0 saturated carbocycles. The Labute approximate surface area is 174 Å². The average Bonchev–Trinajstić information content (AvgIpc) is 2.98. The molecule has 0 aromatic heterocycles. The molecular weight excluding hydrogens is 366 g/mol. The number of carbonyl (C=O) groups is 2. The van der Waals surface area contributed by atoms with Crippen LogP contribution in [0.25, 0.3) is 5.57 Å². The second-order valence-electron chi connectivity index (χ2n) is 8.07. The molecule has 0 N–H and O–H groups in total. The van der Waals surface area contributed by atoms with E-state index >= 15 is 0 Å². The summed E-state index contributed by atoms with van der Waals surface area (Å²) in [6.45, 7) is 4.61. The van der Waals surface area contributed by atoms with Crippen molar-refractivity contribution in [3.05, 3.63) is 35.5 Å². The molecule has 0 radical (unpaired) electrons. The molecule has 6 heteroatoms. The van der Waals surface area contributed by atoms with Gasteiger partial charge in [0.25, 0.3) is 11.8 Å². The van der Waals surface area contributed by atoms with Gasteiger partial charge < -0.3 is 14.5 Å². The molecule has 3 rings (SSSR count). The van der Waals surface area contributed by atoms with Crippen molar-refractivity contribution in [1.29, 1.82) is 0 Å². The Balaban J connectivity index is 1.95. The molecule has 2 aliphatic rings. The molecule has 1 saturated heterocycles. The summed E-state index contributed by atoms with van der Waals surface area (Å²) in [6, 6.07) is 7.69. The van der Waals surface area contributed by atoms with Gasteiger partial charge in [0.1, 0.15) is 11.4 Å². The van der Waals surface area contributed by atoms with E-state index in [1.54, 1.807) is 7.11 Å². The largest absolute Gasteiger partial charge is 0.497 e. The van der Waals surface area contributed by atoms with Crippen LogP contribution in [-0.4, -0.2) is 73.4 Å². The number of hydrogen-bond donors (Lipinski definition) is 0. The lowest BCUT2D eigenvalue weighted by Gasteiger charge is -2.36. The fourth-order valence-electron chi connectivity index (χ4n) is 4.20. The molecular formula is C23H33N3O3. The molecule has 158 valence electrons. The lowest BCUT2D eigenvalue weighted by molar-refractivity contribution is -0.137. The summed E-state index contributed by atoms with van der Waals surface area (Å²) in [5.74, 6) is 0.403. The smallest absolute Gasteiger partial charge is 0.277 e. The van der Waals surface area contributed by atoms with Gasteiger partial charge in [-0.25, -0.2) is 0 Å². The van der Waals surface area contributed by atoms with Gasteiger partial charge >= 0.3 is 0 Å². The van der Waals surface area contributed by atoms with Crippen LogP contribution in [0, 0.1) is 0 Å². The van der Waals surface area contributed by atoms with E-state index in [1.807, 2.05) is 31.3 Å². The van der Waals surface area contributed by atoms with Gasteiger partial charge in [0, 0.05) is 19.6 Å². The first-order chi connectivity index (χ1) is 14.0. The molecule has 1 aromatic rings. The molecule has 0 bridgehead atoms. The van der Waals surface area contributed by atoms with Crippen molar-refractivity contribution < 1.29 is 14.3 Å². The standard InChI is InChI=1S/C23H33N3O3/c1-5-6-7-14-26-22(27)20(17-8-10-19(29-4)11-9-17)21(23(26)28)25(3)18-12-15-24(2)16-13-18/h8-11,18H,5-7,12-16H2,1-4H3. The van der Waals surface area contributed by atoms with Crippen LogP contribution in [0.1, 0.15) is 44.6 Å². The van der Waals surface area contributed by atoms with Gasteiger partial charge in [-0.05, 0) is 57.1 Å². The van der Waals surface area contributed by atoms with Gasteiger partial charge in [0.05, 0.1) is 12.7 Å². The minimum Gasteiger partial charge on any atom is -0.497 e. The molecule has 2 amide bonds. The Morgan fingerprint density at radius 1 is 1.07 bits per heavy atom. The molecule has 1 aromatic carbocycles. The monoisotopic (exact) mass is 399 g/mol. The molecule has 29 heavy (non-hydrogen) atoms. The van der Waals surface area contributed by atoms with Crippen molar-refractivity contribution in [2.24, 2.45) is 0 Å². The zero-order valence-electron chi connectivity index (χ0n) is 18.1. The Kier molecular flexibility index (Phi) is 6.96. The van der Waals surface area contributed by atoms with Crippen molar-refractivity contribution in [2.75, 3.05) is 40.8 Å². The predicted octanol–water partition coefficient (Wildman–Crippen LogP) is 2.99. The van der Waals surface area contributed by atoms with Crippen LogP contribution in [-0.2, 0) is 9.59 Å². The lowest BCUT2D eigenvalue weighted by Crippen LogP contribution is -2.43. The number of piperidine rings is 1. The van der Waals surface area contributed by atoms with Crippen LogP contribution >= 0.6 is 0 Å². The summed E-state index contributed by atoms with van der Waals surface area (Å²) in [4.78, 5) is 32.4. The van der Waals surface area contributed by atoms with Crippen molar-refractivity contribution >= 4 is 17.4 Å². The highest BCUT2D eigenvalue weighted by Gasteiger charge is 2.42. The number of nitrogens with zero attached hydrogens (tertiary/aromatic N) is 3. The summed E-state index contributed by atoms with van der Waals surface area (Å²) in [7, 11) is 5.71. The molecule has 2 aliphatic heterocycles. The molecule has 0 unspecified atom stereocenters. The highest BCUT2D eigenvalue weighted by molar-refractivity contribution is 6.35. The number of methoxy groups -OCH3 is 1. The third kappa shape index (κ3) is 4.47. The van der Waals surface area contributed by atoms with Crippen LogP contribution < -0.4 is 4.74 Å². The molecule has 0 spiro atoms. The number of likely N-dealkylation sites (tertiary alicyclic amines) is 1. The van der Waals surface area contributed by atoms with E-state index in [2.05, 4.69) is 23.8 Å². The number of imide groups is 1. The molecule has 0 aliphatic carbocycles. The Bertz CT molecular complexity index is 764. The fraction of sp³-hybridized carbons (Fsp3) is 0.565. The maximum absolute atomic E-state index is 13.3. The SMILES string of the molecule is CCCCCN1C(=O)C(c2ccc(OC)cc2)=C(N(C)C2CCN(C)CC2)C1=O. The fourth-order valence-corrected chi connectivity index (χ4v) is 4.20. The average molecular weight is 400 g/mol. The quantitative estimate of drug-likeness (QED) is 0.497. The first-order valence-corrected chi connectivity index (χ1v) is 10.6. The number of amides is 2. The number of ether oxygens (including phenoxy) is 1. The zero-order valence-corrected chi connectivity index (χ0v) is 18.1. The Morgan fingerprint density at radius 3 is 2.31 bits per heavy atom. The Morgan fingerprint density at radius 2 is 1.72 bits per heavy atom. The minimum absolute atomic E-state index is 0.154. The van der Waals surface area contributed by atoms with Gasteiger partial charge in [0.15, 0.2) is 0 Å². The third-order valence-electron chi connectivity index (χ3n) is 6.10. The van der Waals surface area contributed by atoms with E-state index in [9.17, 15) is 9.59 Å². The number of benzene rings is 1. The summed E-state index contributed by atoms with van der Waals surface area (Å²) < 4.78 is 5.25. The lowest BCUT2D eigenvalue weighted by atomic mass is 10.00. The summed E-state index contributed by atoms with van der Waals surface area (Å²) in [6.07, 6.45) is 4.88. The first kappa shape index (κ1) is 21.4. The van der Waals surface area contributed by atoms with E-state index < -0.39 is 0 Å². The number of hydrogen-bond acceptors (Lipinski definition) is 5. The van der Waals surface area contributed by atoms with E-state index in [0.717, 1.165) is 56.5 Å². The zero-order chi connectivity index (χ0) is 21.0. The number of rotatable bonds is 8. The van der Waals surface area contributed by atoms with Gasteiger partial charge in [-0.2, -0.15) is 0 Å². The number of unbranched alkanes of at least 4 members (excludes halogenated alkanes) is 2. The number of carbonyl (C=O) groups excluding carboxylic acids is 2. The van der Waals surface area contributed by atoms with Crippen LogP contribution in [0.4, 0.5) is 0 Å². The van der Waals surface area contributed by atoms with Crippen molar-refractivity contribution in [3.8, 4) is 5.75 Å². The van der Waals surface area contributed by atoms with Gasteiger partial charge in [-0.15, -0.1) is 0 Å².